The first-order valence-electron chi connectivity index (χ1n) is 5.75. The third kappa shape index (κ3) is 1.93. The fraction of sp³-hybridized carbons (Fsp3) is 0.143. The molecule has 4 nitrogen and oxygen atoms in total. The van der Waals surface area contributed by atoms with Gasteiger partial charge in [-0.1, -0.05) is 17.7 Å². The summed E-state index contributed by atoms with van der Waals surface area (Å²) in [5.74, 6) is 1.37. The summed E-state index contributed by atoms with van der Waals surface area (Å²) in [4.78, 5) is 8.65. The third-order valence-electron chi connectivity index (χ3n) is 2.78. The smallest absolute Gasteiger partial charge is 0.221 e. The van der Waals surface area contributed by atoms with Gasteiger partial charge in [-0.2, -0.15) is 4.98 Å². The van der Waals surface area contributed by atoms with E-state index in [0.717, 1.165) is 16.9 Å². The van der Waals surface area contributed by atoms with E-state index in [-0.39, 0.29) is 0 Å². The Hall–Kier alpha value is -2.36. The molecular weight excluding hydrogens is 226 g/mol. The van der Waals surface area contributed by atoms with Crippen LogP contribution in [0.2, 0.25) is 0 Å². The van der Waals surface area contributed by atoms with Crippen LogP contribution in [0.5, 0.6) is 11.6 Å². The molecule has 1 aromatic carbocycles. The Morgan fingerprint density at radius 3 is 2.61 bits per heavy atom. The summed E-state index contributed by atoms with van der Waals surface area (Å²) in [6.07, 6.45) is 1.74. The fourth-order valence-electron chi connectivity index (χ4n) is 1.77. The topological polar surface area (TPSA) is 39.9 Å². The maximum Gasteiger partial charge on any atom is 0.221 e. The summed E-state index contributed by atoms with van der Waals surface area (Å²) in [7, 11) is 1.91. The number of benzene rings is 1. The molecule has 0 saturated carbocycles. The van der Waals surface area contributed by atoms with Crippen molar-refractivity contribution < 1.29 is 4.74 Å². The van der Waals surface area contributed by atoms with Crippen LogP contribution in [-0.2, 0) is 7.05 Å². The second-order valence-electron chi connectivity index (χ2n) is 4.26. The van der Waals surface area contributed by atoms with E-state index >= 15 is 0 Å². The predicted octanol–water partition coefficient (Wildman–Crippen LogP) is 3.07. The monoisotopic (exact) mass is 239 g/mol. The van der Waals surface area contributed by atoms with Crippen molar-refractivity contribution in [3.8, 4) is 11.6 Å². The lowest BCUT2D eigenvalue weighted by Gasteiger charge is -2.05. The van der Waals surface area contributed by atoms with Crippen LogP contribution < -0.4 is 4.74 Å². The summed E-state index contributed by atoms with van der Waals surface area (Å²) in [5, 5.41) is 0. The second-order valence-corrected chi connectivity index (χ2v) is 4.26. The van der Waals surface area contributed by atoms with Crippen LogP contribution in [0.4, 0.5) is 0 Å². The summed E-state index contributed by atoms with van der Waals surface area (Å²) in [6, 6.07) is 11.6. The molecule has 0 unspecified atom stereocenters. The van der Waals surface area contributed by atoms with Crippen LogP contribution in [-0.4, -0.2) is 14.5 Å². The SMILES string of the molecule is Cc1ccc(Oc2ccc3ncn(C)c3n2)cc1. The summed E-state index contributed by atoms with van der Waals surface area (Å²) in [6.45, 7) is 2.05. The molecule has 0 radical (unpaired) electrons. The zero-order valence-electron chi connectivity index (χ0n) is 10.3. The molecule has 90 valence electrons. The Morgan fingerprint density at radius 1 is 1.06 bits per heavy atom. The highest BCUT2D eigenvalue weighted by Gasteiger charge is 2.04. The lowest BCUT2D eigenvalue weighted by molar-refractivity contribution is 0.464. The number of hydrogen-bond acceptors (Lipinski definition) is 3. The molecule has 0 aliphatic rings. The minimum atomic E-state index is 0.579. The van der Waals surface area contributed by atoms with Crippen molar-refractivity contribution in [1.82, 2.24) is 14.5 Å². The molecule has 0 amide bonds. The molecule has 0 atom stereocenters. The van der Waals surface area contributed by atoms with Gasteiger partial charge >= 0.3 is 0 Å². The second kappa shape index (κ2) is 4.14. The number of fused-ring (bicyclic) bond motifs is 1. The van der Waals surface area contributed by atoms with Gasteiger partial charge in [-0.05, 0) is 25.1 Å². The standard InChI is InChI=1S/C14H13N3O/c1-10-3-5-11(6-4-10)18-13-8-7-12-14(16-13)17(2)9-15-12/h3-9H,1-2H3. The Morgan fingerprint density at radius 2 is 1.83 bits per heavy atom. The highest BCUT2D eigenvalue weighted by atomic mass is 16.5. The molecule has 18 heavy (non-hydrogen) atoms. The van der Waals surface area contributed by atoms with E-state index in [1.807, 2.05) is 54.9 Å². The first-order chi connectivity index (χ1) is 8.72. The molecular formula is C14H13N3O. The average Bonchev–Trinajstić information content (AvgIpc) is 2.74. The van der Waals surface area contributed by atoms with Gasteiger partial charge < -0.3 is 9.30 Å². The number of aromatic nitrogens is 3. The van der Waals surface area contributed by atoms with E-state index in [4.69, 9.17) is 4.74 Å². The Kier molecular flexibility index (Phi) is 2.48. The molecule has 0 aliphatic carbocycles. The van der Waals surface area contributed by atoms with Gasteiger partial charge in [-0.15, -0.1) is 0 Å². The van der Waals surface area contributed by atoms with E-state index in [9.17, 15) is 0 Å². The fourth-order valence-corrected chi connectivity index (χ4v) is 1.77. The maximum absolute atomic E-state index is 5.71. The van der Waals surface area contributed by atoms with Gasteiger partial charge in [0.25, 0.3) is 0 Å². The molecule has 3 rings (SSSR count). The van der Waals surface area contributed by atoms with Crippen LogP contribution >= 0.6 is 0 Å². The zero-order chi connectivity index (χ0) is 12.5. The van der Waals surface area contributed by atoms with Crippen molar-refractivity contribution >= 4 is 11.2 Å². The lowest BCUT2D eigenvalue weighted by Crippen LogP contribution is -1.91. The van der Waals surface area contributed by atoms with Gasteiger partial charge in [0, 0.05) is 13.1 Å². The number of aryl methyl sites for hydroxylation is 2. The minimum absolute atomic E-state index is 0.579. The first-order valence-corrected chi connectivity index (χ1v) is 5.75. The highest BCUT2D eigenvalue weighted by Crippen LogP contribution is 2.21. The van der Waals surface area contributed by atoms with Gasteiger partial charge in [0.15, 0.2) is 5.65 Å². The van der Waals surface area contributed by atoms with Crippen LogP contribution in [0.1, 0.15) is 5.56 Å². The van der Waals surface area contributed by atoms with Crippen molar-refractivity contribution in [2.45, 2.75) is 6.92 Å². The molecule has 2 heterocycles. The van der Waals surface area contributed by atoms with Crippen LogP contribution in [0.15, 0.2) is 42.7 Å². The van der Waals surface area contributed by atoms with E-state index in [2.05, 4.69) is 9.97 Å². The number of rotatable bonds is 2. The van der Waals surface area contributed by atoms with E-state index < -0.39 is 0 Å². The molecule has 2 aromatic heterocycles. The summed E-state index contributed by atoms with van der Waals surface area (Å²) < 4.78 is 7.59. The Bertz CT molecular complexity index is 686. The van der Waals surface area contributed by atoms with Crippen molar-refractivity contribution in [2.24, 2.45) is 7.05 Å². The zero-order valence-corrected chi connectivity index (χ0v) is 10.3. The first kappa shape index (κ1) is 10.8. The van der Waals surface area contributed by atoms with Gasteiger partial charge in [-0.25, -0.2) is 4.98 Å². The maximum atomic E-state index is 5.71. The van der Waals surface area contributed by atoms with E-state index in [0.29, 0.717) is 5.88 Å². The molecule has 0 N–H and O–H groups in total. The van der Waals surface area contributed by atoms with Gasteiger partial charge in [0.05, 0.1) is 6.33 Å². The van der Waals surface area contributed by atoms with Gasteiger partial charge in [-0.3, -0.25) is 0 Å². The number of pyridine rings is 1. The highest BCUT2D eigenvalue weighted by molar-refractivity contribution is 5.71. The van der Waals surface area contributed by atoms with Gasteiger partial charge in [0.1, 0.15) is 11.3 Å². The van der Waals surface area contributed by atoms with Crippen molar-refractivity contribution in [2.75, 3.05) is 0 Å². The molecule has 0 spiro atoms. The largest absolute Gasteiger partial charge is 0.439 e. The lowest BCUT2D eigenvalue weighted by atomic mass is 10.2. The van der Waals surface area contributed by atoms with E-state index in [1.165, 1.54) is 5.56 Å². The summed E-state index contributed by atoms with van der Waals surface area (Å²) in [5.41, 5.74) is 2.89. The van der Waals surface area contributed by atoms with Crippen LogP contribution in [0.25, 0.3) is 11.2 Å². The predicted molar refractivity (Wildman–Crippen MR) is 69.8 cm³/mol. The minimum Gasteiger partial charge on any atom is -0.439 e. The van der Waals surface area contributed by atoms with Crippen LogP contribution in [0.3, 0.4) is 0 Å². The van der Waals surface area contributed by atoms with Gasteiger partial charge in [0.2, 0.25) is 5.88 Å². The van der Waals surface area contributed by atoms with Crippen LogP contribution in [0, 0.1) is 6.92 Å². The molecule has 0 saturated heterocycles. The number of nitrogens with zero attached hydrogens (tertiary/aromatic N) is 3. The Balaban J connectivity index is 1.94. The average molecular weight is 239 g/mol. The number of ether oxygens (including phenoxy) is 1. The summed E-state index contributed by atoms with van der Waals surface area (Å²) >= 11 is 0. The molecule has 3 aromatic rings. The molecule has 0 aliphatic heterocycles. The number of hydrogen-bond donors (Lipinski definition) is 0. The normalized spacial score (nSPS) is 10.8. The number of imidazole rings is 1. The quantitative estimate of drug-likeness (QED) is 0.690. The Labute approximate surface area is 105 Å². The molecule has 4 heteroatoms. The molecule has 0 bridgehead atoms. The van der Waals surface area contributed by atoms with E-state index in [1.54, 1.807) is 6.33 Å². The van der Waals surface area contributed by atoms with Crippen molar-refractivity contribution in [1.29, 1.82) is 0 Å². The van der Waals surface area contributed by atoms with Crippen molar-refractivity contribution in [3.63, 3.8) is 0 Å². The van der Waals surface area contributed by atoms with Crippen molar-refractivity contribution in [3.05, 3.63) is 48.3 Å². The molecule has 0 fully saturated rings. The third-order valence-corrected chi connectivity index (χ3v) is 2.78.